The number of nitrogens with zero attached hydrogens (tertiary/aromatic N) is 1. The van der Waals surface area contributed by atoms with E-state index in [4.69, 9.17) is 4.74 Å². The van der Waals surface area contributed by atoms with Gasteiger partial charge < -0.3 is 15.0 Å². The van der Waals surface area contributed by atoms with Crippen LogP contribution in [-0.4, -0.2) is 35.1 Å². The maximum Gasteiger partial charge on any atom is 0.249 e. The van der Waals surface area contributed by atoms with E-state index in [9.17, 15) is 4.79 Å². The first-order valence-corrected chi connectivity index (χ1v) is 5.74. The van der Waals surface area contributed by atoms with Crippen molar-refractivity contribution in [3.8, 4) is 0 Å². The largest absolute Gasteiger partial charge is 0.368 e. The number of ether oxygens (including phenoxy) is 1. The zero-order valence-electron chi connectivity index (χ0n) is 9.24. The first kappa shape index (κ1) is 11.1. The van der Waals surface area contributed by atoms with Crippen LogP contribution in [0.3, 0.4) is 0 Å². The summed E-state index contributed by atoms with van der Waals surface area (Å²) in [5, 5.41) is 2.88. The quantitative estimate of drug-likeness (QED) is 0.720. The topological polar surface area (TPSA) is 67.0 Å². The number of aromatic nitrogens is 2. The number of rotatable bonds is 5. The van der Waals surface area contributed by atoms with Gasteiger partial charge in [-0.3, -0.25) is 4.79 Å². The Labute approximate surface area is 94.6 Å². The lowest BCUT2D eigenvalue weighted by Gasteiger charge is -2.09. The lowest BCUT2D eigenvalue weighted by atomic mass is 10.2. The Morgan fingerprint density at radius 3 is 3.31 bits per heavy atom. The molecule has 1 aliphatic rings. The fourth-order valence-corrected chi connectivity index (χ4v) is 1.80. The number of nitrogens with one attached hydrogen (secondary N) is 2. The van der Waals surface area contributed by atoms with Gasteiger partial charge in [0.2, 0.25) is 5.91 Å². The van der Waals surface area contributed by atoms with Gasteiger partial charge in [0.1, 0.15) is 11.9 Å². The highest BCUT2D eigenvalue weighted by atomic mass is 16.5. The van der Waals surface area contributed by atoms with Crippen LogP contribution in [0.2, 0.25) is 0 Å². The molecule has 5 nitrogen and oxygen atoms in total. The molecule has 2 heterocycles. The fourth-order valence-electron chi connectivity index (χ4n) is 1.80. The predicted octanol–water partition coefficient (Wildman–Crippen LogP) is 0.637. The van der Waals surface area contributed by atoms with E-state index in [1.807, 2.05) is 0 Å². The maximum absolute atomic E-state index is 11.5. The van der Waals surface area contributed by atoms with Crippen molar-refractivity contribution in [2.75, 3.05) is 13.2 Å². The Bertz CT molecular complexity index is 318. The van der Waals surface area contributed by atoms with Gasteiger partial charge in [-0.2, -0.15) is 0 Å². The minimum Gasteiger partial charge on any atom is -0.368 e. The van der Waals surface area contributed by atoms with Gasteiger partial charge in [0.25, 0.3) is 0 Å². The summed E-state index contributed by atoms with van der Waals surface area (Å²) in [6, 6.07) is 0. The van der Waals surface area contributed by atoms with Gasteiger partial charge in [-0.25, -0.2) is 4.98 Å². The number of amides is 1. The molecule has 1 saturated heterocycles. The van der Waals surface area contributed by atoms with Gasteiger partial charge in [-0.05, 0) is 19.3 Å². The molecule has 0 bridgehead atoms. The minimum absolute atomic E-state index is 0.0249. The van der Waals surface area contributed by atoms with Crippen LogP contribution in [0, 0.1) is 0 Å². The lowest BCUT2D eigenvalue weighted by molar-refractivity contribution is -0.130. The number of aromatic amines is 1. The zero-order chi connectivity index (χ0) is 11.2. The van der Waals surface area contributed by atoms with E-state index in [0.29, 0.717) is 13.2 Å². The molecule has 2 N–H and O–H groups in total. The highest BCUT2D eigenvalue weighted by molar-refractivity contribution is 5.80. The second kappa shape index (κ2) is 5.65. The van der Waals surface area contributed by atoms with Crippen LogP contribution in [0.15, 0.2) is 12.4 Å². The normalized spacial score (nSPS) is 19.9. The first-order chi connectivity index (χ1) is 7.86. The van der Waals surface area contributed by atoms with Crippen molar-refractivity contribution >= 4 is 5.91 Å². The molecule has 1 aromatic rings. The van der Waals surface area contributed by atoms with Gasteiger partial charge in [0, 0.05) is 32.0 Å². The molecule has 1 aromatic heterocycles. The Morgan fingerprint density at radius 1 is 1.69 bits per heavy atom. The molecule has 0 spiro atoms. The molecule has 0 unspecified atom stereocenters. The van der Waals surface area contributed by atoms with Gasteiger partial charge in [0.05, 0.1) is 0 Å². The summed E-state index contributed by atoms with van der Waals surface area (Å²) in [7, 11) is 0. The third-order valence-electron chi connectivity index (χ3n) is 2.67. The zero-order valence-corrected chi connectivity index (χ0v) is 9.24. The number of H-pyrrole nitrogens is 1. The van der Waals surface area contributed by atoms with Crippen LogP contribution in [0.25, 0.3) is 0 Å². The third kappa shape index (κ3) is 3.06. The fraction of sp³-hybridized carbons (Fsp3) is 0.636. The van der Waals surface area contributed by atoms with Crippen LogP contribution in [-0.2, 0) is 16.0 Å². The second-order valence-corrected chi connectivity index (χ2v) is 3.93. The summed E-state index contributed by atoms with van der Waals surface area (Å²) >= 11 is 0. The predicted molar refractivity (Wildman–Crippen MR) is 58.9 cm³/mol. The van der Waals surface area contributed by atoms with Crippen molar-refractivity contribution in [2.45, 2.75) is 31.8 Å². The first-order valence-electron chi connectivity index (χ1n) is 5.74. The summed E-state index contributed by atoms with van der Waals surface area (Å²) in [5.41, 5.74) is 0. The molecule has 0 radical (unpaired) electrons. The molecule has 5 heteroatoms. The van der Waals surface area contributed by atoms with Crippen LogP contribution in [0.5, 0.6) is 0 Å². The van der Waals surface area contributed by atoms with Crippen LogP contribution in [0.4, 0.5) is 0 Å². The molecule has 16 heavy (non-hydrogen) atoms. The Hall–Kier alpha value is -1.36. The number of hydrogen-bond acceptors (Lipinski definition) is 3. The Kier molecular flexibility index (Phi) is 3.93. The average molecular weight is 223 g/mol. The Morgan fingerprint density at radius 2 is 2.62 bits per heavy atom. The number of carbonyl (C=O) groups is 1. The monoisotopic (exact) mass is 223 g/mol. The molecule has 88 valence electrons. The highest BCUT2D eigenvalue weighted by Gasteiger charge is 2.22. The standard InChI is InChI=1S/C11H17N3O2/c15-11(9-3-2-8-16-9)14-5-1-4-10-12-6-7-13-10/h6-7,9H,1-5,8H2,(H,12,13)(H,14,15)/t9-/m1/s1. The van der Waals surface area contributed by atoms with E-state index in [2.05, 4.69) is 15.3 Å². The molecule has 0 saturated carbocycles. The summed E-state index contributed by atoms with van der Waals surface area (Å²) in [6.07, 6.45) is 6.92. The number of imidazole rings is 1. The molecule has 0 aliphatic carbocycles. The molecule has 2 rings (SSSR count). The van der Waals surface area contributed by atoms with Crippen LogP contribution >= 0.6 is 0 Å². The van der Waals surface area contributed by atoms with Crippen LogP contribution < -0.4 is 5.32 Å². The van der Waals surface area contributed by atoms with Crippen molar-refractivity contribution in [2.24, 2.45) is 0 Å². The molecule has 1 fully saturated rings. The van der Waals surface area contributed by atoms with Crippen molar-refractivity contribution in [3.63, 3.8) is 0 Å². The van der Waals surface area contributed by atoms with E-state index >= 15 is 0 Å². The highest BCUT2D eigenvalue weighted by Crippen LogP contribution is 2.11. The molecule has 1 aliphatic heterocycles. The van der Waals surface area contributed by atoms with Crippen molar-refractivity contribution < 1.29 is 9.53 Å². The molecular formula is C11H17N3O2. The third-order valence-corrected chi connectivity index (χ3v) is 2.67. The molecular weight excluding hydrogens is 206 g/mol. The Balaban J connectivity index is 1.59. The van der Waals surface area contributed by atoms with E-state index in [1.165, 1.54) is 0 Å². The summed E-state index contributed by atoms with van der Waals surface area (Å²) in [4.78, 5) is 18.7. The number of carbonyl (C=O) groups excluding carboxylic acids is 1. The minimum atomic E-state index is -0.219. The summed E-state index contributed by atoms with van der Waals surface area (Å²) < 4.78 is 5.29. The van der Waals surface area contributed by atoms with Gasteiger partial charge in [-0.1, -0.05) is 0 Å². The van der Waals surface area contributed by atoms with E-state index in [1.54, 1.807) is 12.4 Å². The lowest BCUT2D eigenvalue weighted by Crippen LogP contribution is -2.34. The van der Waals surface area contributed by atoms with Crippen molar-refractivity contribution in [3.05, 3.63) is 18.2 Å². The molecule has 1 amide bonds. The van der Waals surface area contributed by atoms with Gasteiger partial charge in [0.15, 0.2) is 0 Å². The summed E-state index contributed by atoms with van der Waals surface area (Å²) in [6.45, 7) is 1.39. The smallest absolute Gasteiger partial charge is 0.249 e. The summed E-state index contributed by atoms with van der Waals surface area (Å²) in [5.74, 6) is 0.989. The van der Waals surface area contributed by atoms with Crippen molar-refractivity contribution in [1.29, 1.82) is 0 Å². The SMILES string of the molecule is O=C(NCCCc1ncc[nH]1)[C@H]1CCCO1. The van der Waals surface area contributed by atoms with Gasteiger partial charge in [-0.15, -0.1) is 0 Å². The number of aryl methyl sites for hydroxylation is 1. The number of hydrogen-bond donors (Lipinski definition) is 2. The van der Waals surface area contributed by atoms with Crippen LogP contribution in [0.1, 0.15) is 25.1 Å². The molecule has 1 atom stereocenters. The van der Waals surface area contributed by atoms with E-state index in [0.717, 1.165) is 31.5 Å². The second-order valence-electron chi connectivity index (χ2n) is 3.93. The van der Waals surface area contributed by atoms with E-state index in [-0.39, 0.29) is 12.0 Å². The maximum atomic E-state index is 11.5. The van der Waals surface area contributed by atoms with Gasteiger partial charge >= 0.3 is 0 Å². The van der Waals surface area contributed by atoms with Crippen molar-refractivity contribution in [1.82, 2.24) is 15.3 Å². The average Bonchev–Trinajstić information content (AvgIpc) is 2.96. The molecule has 0 aromatic carbocycles. The van der Waals surface area contributed by atoms with E-state index < -0.39 is 0 Å².